The maximum absolute atomic E-state index is 11.6. The molecule has 0 aliphatic rings. The Morgan fingerprint density at radius 2 is 1.73 bits per heavy atom. The molecule has 7 heteroatoms. The topological polar surface area (TPSA) is 58.2 Å². The van der Waals surface area contributed by atoms with E-state index in [1.54, 1.807) is 12.2 Å². The lowest BCUT2D eigenvalue weighted by molar-refractivity contribution is -0.173. The third-order valence-electron chi connectivity index (χ3n) is 1.29. The second-order valence-electron chi connectivity index (χ2n) is 2.54. The van der Waals surface area contributed by atoms with Crippen LogP contribution >= 0.6 is 0 Å². The number of hydrogen-bond donors (Lipinski definition) is 2. The molecule has 86 valence electrons. The van der Waals surface area contributed by atoms with E-state index in [1.807, 2.05) is 0 Å². The van der Waals surface area contributed by atoms with E-state index in [0.29, 0.717) is 0 Å². The van der Waals surface area contributed by atoms with E-state index in [1.165, 1.54) is 12.2 Å². The van der Waals surface area contributed by atoms with Gasteiger partial charge in [-0.05, 0) is 13.0 Å². The molecule has 0 saturated heterocycles. The molecule has 2 amide bonds. The van der Waals surface area contributed by atoms with Crippen LogP contribution in [0.5, 0.6) is 0 Å². The number of allylic oxidation sites excluding steroid dienone is 1. The molecule has 0 saturated carbocycles. The molecule has 0 radical (unpaired) electrons. The SMILES string of the molecule is C/C=C/C(=O)NCCNC(=O)C(F)(F)F. The molecule has 0 aliphatic carbocycles. The first-order chi connectivity index (χ1) is 6.88. The Labute approximate surface area is 84.5 Å². The second-order valence-corrected chi connectivity index (χ2v) is 2.54. The number of carbonyl (C=O) groups is 2. The number of rotatable bonds is 4. The lowest BCUT2D eigenvalue weighted by Crippen LogP contribution is -2.40. The fourth-order valence-electron chi connectivity index (χ4n) is 0.672. The monoisotopic (exact) mass is 224 g/mol. The number of amides is 2. The van der Waals surface area contributed by atoms with Gasteiger partial charge in [-0.25, -0.2) is 0 Å². The van der Waals surface area contributed by atoms with Gasteiger partial charge in [-0.15, -0.1) is 0 Å². The van der Waals surface area contributed by atoms with Crippen molar-refractivity contribution in [3.63, 3.8) is 0 Å². The molecule has 0 aromatic carbocycles. The molecule has 4 nitrogen and oxygen atoms in total. The van der Waals surface area contributed by atoms with E-state index in [2.05, 4.69) is 5.32 Å². The van der Waals surface area contributed by atoms with Gasteiger partial charge in [0.15, 0.2) is 0 Å². The van der Waals surface area contributed by atoms with E-state index in [9.17, 15) is 22.8 Å². The molecule has 0 aliphatic heterocycles. The van der Waals surface area contributed by atoms with Gasteiger partial charge in [-0.1, -0.05) is 6.08 Å². The van der Waals surface area contributed by atoms with Crippen LogP contribution in [0.1, 0.15) is 6.92 Å². The highest BCUT2D eigenvalue weighted by molar-refractivity contribution is 5.87. The van der Waals surface area contributed by atoms with Gasteiger partial charge in [-0.3, -0.25) is 9.59 Å². The van der Waals surface area contributed by atoms with Gasteiger partial charge in [0.2, 0.25) is 5.91 Å². The van der Waals surface area contributed by atoms with Gasteiger partial charge in [0.05, 0.1) is 0 Å². The van der Waals surface area contributed by atoms with Gasteiger partial charge < -0.3 is 10.6 Å². The quantitative estimate of drug-likeness (QED) is 0.535. The number of nitrogens with one attached hydrogen (secondary N) is 2. The maximum atomic E-state index is 11.6. The summed E-state index contributed by atoms with van der Waals surface area (Å²) in [5.74, 6) is -2.43. The average molecular weight is 224 g/mol. The lowest BCUT2D eigenvalue weighted by Gasteiger charge is -2.07. The Morgan fingerprint density at radius 3 is 2.20 bits per heavy atom. The molecule has 0 aromatic heterocycles. The maximum Gasteiger partial charge on any atom is 0.471 e. The molecule has 0 bridgehead atoms. The third kappa shape index (κ3) is 6.53. The summed E-state index contributed by atoms with van der Waals surface area (Å²) in [5.41, 5.74) is 0. The standard InChI is InChI=1S/C8H11F3N2O2/c1-2-3-6(14)12-4-5-13-7(15)8(9,10)11/h2-3H,4-5H2,1H3,(H,12,14)(H,13,15)/b3-2+. The van der Waals surface area contributed by atoms with Crippen LogP contribution in [0.25, 0.3) is 0 Å². The Morgan fingerprint density at radius 1 is 1.20 bits per heavy atom. The zero-order chi connectivity index (χ0) is 11.9. The highest BCUT2D eigenvalue weighted by Gasteiger charge is 2.38. The fourth-order valence-corrected chi connectivity index (χ4v) is 0.672. The first kappa shape index (κ1) is 13.5. The van der Waals surface area contributed by atoms with Gasteiger partial charge in [-0.2, -0.15) is 13.2 Å². The molecule has 2 N–H and O–H groups in total. The van der Waals surface area contributed by atoms with Crippen LogP contribution in [-0.4, -0.2) is 31.1 Å². The van der Waals surface area contributed by atoms with Crippen molar-refractivity contribution in [3.8, 4) is 0 Å². The summed E-state index contributed by atoms with van der Waals surface area (Å²) in [6.45, 7) is 1.32. The van der Waals surface area contributed by atoms with Crippen LogP contribution in [0.4, 0.5) is 13.2 Å². The summed E-state index contributed by atoms with van der Waals surface area (Å²) in [6.07, 6.45) is -2.16. The first-order valence-electron chi connectivity index (χ1n) is 4.13. The summed E-state index contributed by atoms with van der Waals surface area (Å²) in [4.78, 5) is 21.0. The molecular formula is C8H11F3N2O2. The normalized spacial score (nSPS) is 11.5. The van der Waals surface area contributed by atoms with E-state index in [0.717, 1.165) is 0 Å². The molecule has 0 rings (SSSR count). The van der Waals surface area contributed by atoms with Crippen molar-refractivity contribution in [1.29, 1.82) is 0 Å². The predicted octanol–water partition coefficient (Wildman–Crippen LogP) is 0.357. The first-order valence-corrected chi connectivity index (χ1v) is 4.13. The summed E-state index contributed by atoms with van der Waals surface area (Å²) in [7, 11) is 0. The summed E-state index contributed by atoms with van der Waals surface area (Å²) < 4.78 is 34.9. The van der Waals surface area contributed by atoms with Gasteiger partial charge in [0, 0.05) is 13.1 Å². The minimum atomic E-state index is -4.88. The third-order valence-corrected chi connectivity index (χ3v) is 1.29. The van der Waals surface area contributed by atoms with Crippen LogP contribution in [0.2, 0.25) is 0 Å². The van der Waals surface area contributed by atoms with Crippen LogP contribution in [0.15, 0.2) is 12.2 Å². The molecule has 0 heterocycles. The van der Waals surface area contributed by atoms with Crippen LogP contribution in [0, 0.1) is 0 Å². The van der Waals surface area contributed by atoms with Gasteiger partial charge >= 0.3 is 12.1 Å². The molecular weight excluding hydrogens is 213 g/mol. The minimum Gasteiger partial charge on any atom is -0.351 e. The zero-order valence-electron chi connectivity index (χ0n) is 8.02. The summed E-state index contributed by atoms with van der Waals surface area (Å²) >= 11 is 0. The number of carbonyl (C=O) groups excluding carboxylic acids is 2. The van der Waals surface area contributed by atoms with E-state index < -0.39 is 18.0 Å². The predicted molar refractivity (Wildman–Crippen MR) is 46.9 cm³/mol. The average Bonchev–Trinajstić information content (AvgIpc) is 2.11. The smallest absolute Gasteiger partial charge is 0.351 e. The molecule has 15 heavy (non-hydrogen) atoms. The fraction of sp³-hybridized carbons (Fsp3) is 0.500. The van der Waals surface area contributed by atoms with Crippen molar-refractivity contribution in [1.82, 2.24) is 10.6 Å². The van der Waals surface area contributed by atoms with Crippen molar-refractivity contribution in [3.05, 3.63) is 12.2 Å². The van der Waals surface area contributed by atoms with Gasteiger partial charge in [0.1, 0.15) is 0 Å². The van der Waals surface area contributed by atoms with Crippen LogP contribution in [-0.2, 0) is 9.59 Å². The van der Waals surface area contributed by atoms with Crippen molar-refractivity contribution in [2.75, 3.05) is 13.1 Å². The van der Waals surface area contributed by atoms with E-state index in [-0.39, 0.29) is 13.1 Å². The molecule has 0 atom stereocenters. The number of halogens is 3. The molecule has 0 spiro atoms. The van der Waals surface area contributed by atoms with Crippen LogP contribution in [0.3, 0.4) is 0 Å². The molecule has 0 unspecified atom stereocenters. The summed E-state index contributed by atoms with van der Waals surface area (Å²) in [6, 6.07) is 0. The van der Waals surface area contributed by atoms with Crippen molar-refractivity contribution in [2.24, 2.45) is 0 Å². The Hall–Kier alpha value is -1.53. The van der Waals surface area contributed by atoms with Crippen LogP contribution < -0.4 is 10.6 Å². The largest absolute Gasteiger partial charge is 0.471 e. The van der Waals surface area contributed by atoms with E-state index >= 15 is 0 Å². The van der Waals surface area contributed by atoms with Crippen molar-refractivity contribution >= 4 is 11.8 Å². The lowest BCUT2D eigenvalue weighted by atomic mass is 10.4. The Balaban J connectivity index is 3.64. The summed E-state index contributed by atoms with van der Waals surface area (Å²) in [5, 5.41) is 3.90. The molecule has 0 aromatic rings. The zero-order valence-corrected chi connectivity index (χ0v) is 8.02. The number of alkyl halides is 3. The Kier molecular flexibility index (Phi) is 5.43. The minimum absolute atomic E-state index is 0.0506. The second kappa shape index (κ2) is 6.05. The van der Waals surface area contributed by atoms with Gasteiger partial charge in [0.25, 0.3) is 0 Å². The highest BCUT2D eigenvalue weighted by atomic mass is 19.4. The Bertz CT molecular complexity index is 261. The van der Waals surface area contributed by atoms with E-state index in [4.69, 9.17) is 0 Å². The van der Waals surface area contributed by atoms with Crippen molar-refractivity contribution in [2.45, 2.75) is 13.1 Å². The number of hydrogen-bond acceptors (Lipinski definition) is 2. The highest BCUT2D eigenvalue weighted by Crippen LogP contribution is 2.13. The van der Waals surface area contributed by atoms with Crippen molar-refractivity contribution < 1.29 is 22.8 Å². The molecule has 0 fully saturated rings.